The van der Waals surface area contributed by atoms with Crippen LogP contribution in [0.15, 0.2) is 29.6 Å². The number of hydrogen-bond acceptors (Lipinski definition) is 4. The summed E-state index contributed by atoms with van der Waals surface area (Å²) in [4.78, 5) is 18.4. The van der Waals surface area contributed by atoms with Gasteiger partial charge in [-0.1, -0.05) is 12.1 Å². The summed E-state index contributed by atoms with van der Waals surface area (Å²) in [5, 5.41) is 5.84. The van der Waals surface area contributed by atoms with Gasteiger partial charge in [0.2, 0.25) is 5.91 Å². The van der Waals surface area contributed by atoms with E-state index >= 15 is 0 Å². The predicted octanol–water partition coefficient (Wildman–Crippen LogP) is 3.40. The molecule has 1 aliphatic rings. The summed E-state index contributed by atoms with van der Waals surface area (Å²) in [6, 6.07) is 7.87. The van der Waals surface area contributed by atoms with E-state index in [1.54, 1.807) is 11.3 Å². The van der Waals surface area contributed by atoms with Gasteiger partial charge in [0.15, 0.2) is 0 Å². The molecule has 3 rings (SSSR count). The molecule has 1 aliphatic heterocycles. The van der Waals surface area contributed by atoms with Crippen LogP contribution in [0, 0.1) is 0 Å². The van der Waals surface area contributed by atoms with Gasteiger partial charge in [0.1, 0.15) is 5.01 Å². The molecular weight excluding hydrogens is 294 g/mol. The molecule has 2 aromatic rings. The number of thiazole rings is 1. The number of amides is 1. The Morgan fingerprint density at radius 3 is 3.05 bits per heavy atom. The molecule has 1 unspecified atom stereocenters. The SMILES string of the molecule is CC(c1nc(CCl)cs1)N1CC(=O)Nc2ccccc21. The average Bonchev–Trinajstić information content (AvgIpc) is 2.94. The van der Waals surface area contributed by atoms with Crippen molar-refractivity contribution in [2.75, 3.05) is 16.8 Å². The number of carbonyl (C=O) groups is 1. The van der Waals surface area contributed by atoms with E-state index in [9.17, 15) is 4.79 Å². The molecule has 0 saturated carbocycles. The number of nitrogens with one attached hydrogen (secondary N) is 1. The standard InChI is InChI=1S/C14H14ClN3OS/c1-9(14-16-10(6-15)8-20-14)18-7-13(19)17-11-4-2-3-5-12(11)18/h2-5,8-9H,6-7H2,1H3,(H,17,19). The number of aromatic nitrogens is 1. The van der Waals surface area contributed by atoms with Crippen LogP contribution in [0.4, 0.5) is 11.4 Å². The van der Waals surface area contributed by atoms with Crippen LogP contribution in [-0.4, -0.2) is 17.4 Å². The third-order valence-electron chi connectivity index (χ3n) is 3.33. The summed E-state index contributed by atoms with van der Waals surface area (Å²) in [6.07, 6.45) is 0. The van der Waals surface area contributed by atoms with Crippen LogP contribution in [0.2, 0.25) is 0 Å². The number of halogens is 1. The first-order valence-corrected chi connectivity index (χ1v) is 7.76. The van der Waals surface area contributed by atoms with Gasteiger partial charge in [0.25, 0.3) is 0 Å². The Balaban J connectivity index is 1.95. The molecule has 0 fully saturated rings. The molecule has 0 bridgehead atoms. The first kappa shape index (κ1) is 13.4. The van der Waals surface area contributed by atoms with Crippen LogP contribution in [0.1, 0.15) is 23.7 Å². The van der Waals surface area contributed by atoms with Gasteiger partial charge in [0, 0.05) is 5.38 Å². The first-order chi connectivity index (χ1) is 9.69. The maximum absolute atomic E-state index is 11.8. The van der Waals surface area contributed by atoms with Crippen LogP contribution in [-0.2, 0) is 10.7 Å². The van der Waals surface area contributed by atoms with Gasteiger partial charge in [-0.15, -0.1) is 22.9 Å². The summed E-state index contributed by atoms with van der Waals surface area (Å²) < 4.78 is 0. The molecule has 4 nitrogen and oxygen atoms in total. The second kappa shape index (κ2) is 5.42. The van der Waals surface area contributed by atoms with Gasteiger partial charge in [-0.3, -0.25) is 4.79 Å². The summed E-state index contributed by atoms with van der Waals surface area (Å²) in [7, 11) is 0. The number of alkyl halides is 1. The van der Waals surface area contributed by atoms with Crippen molar-refractivity contribution in [2.24, 2.45) is 0 Å². The lowest BCUT2D eigenvalue weighted by atomic mass is 10.1. The van der Waals surface area contributed by atoms with E-state index in [1.165, 1.54) is 0 Å². The quantitative estimate of drug-likeness (QED) is 0.884. The van der Waals surface area contributed by atoms with Crippen molar-refractivity contribution in [3.63, 3.8) is 0 Å². The van der Waals surface area contributed by atoms with Crippen LogP contribution in [0.5, 0.6) is 0 Å². The van der Waals surface area contributed by atoms with E-state index in [2.05, 4.69) is 22.1 Å². The molecule has 0 radical (unpaired) electrons. The number of fused-ring (bicyclic) bond motifs is 1. The zero-order valence-corrected chi connectivity index (χ0v) is 12.5. The largest absolute Gasteiger partial charge is 0.351 e. The number of anilines is 2. The minimum absolute atomic E-state index is 0.00433. The van der Waals surface area contributed by atoms with E-state index in [0.29, 0.717) is 12.4 Å². The number of benzene rings is 1. The predicted molar refractivity (Wildman–Crippen MR) is 82.5 cm³/mol. The second-order valence-electron chi connectivity index (χ2n) is 4.68. The number of rotatable bonds is 3. The topological polar surface area (TPSA) is 45.2 Å². The molecule has 1 amide bonds. The molecule has 1 aromatic carbocycles. The fraction of sp³-hybridized carbons (Fsp3) is 0.286. The molecule has 1 N–H and O–H groups in total. The minimum atomic E-state index is 0.00433. The summed E-state index contributed by atoms with van der Waals surface area (Å²) in [6.45, 7) is 2.40. The van der Waals surface area contributed by atoms with Gasteiger partial charge >= 0.3 is 0 Å². The molecule has 0 saturated heterocycles. The first-order valence-electron chi connectivity index (χ1n) is 6.35. The molecule has 2 heterocycles. The third kappa shape index (κ3) is 2.39. The number of para-hydroxylation sites is 2. The maximum atomic E-state index is 11.8. The van der Waals surface area contributed by atoms with Gasteiger partial charge in [0.05, 0.1) is 35.5 Å². The van der Waals surface area contributed by atoms with Crippen molar-refractivity contribution >= 4 is 40.2 Å². The highest BCUT2D eigenvalue weighted by atomic mass is 35.5. The lowest BCUT2D eigenvalue weighted by Gasteiger charge is -2.34. The van der Waals surface area contributed by atoms with Crippen molar-refractivity contribution in [3.05, 3.63) is 40.3 Å². The lowest BCUT2D eigenvalue weighted by molar-refractivity contribution is -0.115. The Labute approximate surface area is 126 Å². The van der Waals surface area contributed by atoms with Crippen molar-refractivity contribution in [1.82, 2.24) is 4.98 Å². The minimum Gasteiger partial charge on any atom is -0.351 e. The highest BCUT2D eigenvalue weighted by Gasteiger charge is 2.27. The molecule has 1 aromatic heterocycles. The smallest absolute Gasteiger partial charge is 0.243 e. The zero-order chi connectivity index (χ0) is 14.1. The average molecular weight is 308 g/mol. The Morgan fingerprint density at radius 2 is 2.30 bits per heavy atom. The second-order valence-corrected chi connectivity index (χ2v) is 5.84. The van der Waals surface area contributed by atoms with Gasteiger partial charge < -0.3 is 10.2 Å². The molecule has 6 heteroatoms. The Morgan fingerprint density at radius 1 is 1.50 bits per heavy atom. The van der Waals surface area contributed by atoms with Gasteiger partial charge in [-0.2, -0.15) is 0 Å². The summed E-state index contributed by atoms with van der Waals surface area (Å²) >= 11 is 7.38. The molecule has 20 heavy (non-hydrogen) atoms. The van der Waals surface area contributed by atoms with Crippen molar-refractivity contribution < 1.29 is 4.79 Å². The Kier molecular flexibility index (Phi) is 3.63. The van der Waals surface area contributed by atoms with E-state index in [-0.39, 0.29) is 11.9 Å². The highest BCUT2D eigenvalue weighted by molar-refractivity contribution is 7.09. The Bertz CT molecular complexity index is 643. The van der Waals surface area contributed by atoms with Gasteiger partial charge in [-0.25, -0.2) is 4.98 Å². The zero-order valence-electron chi connectivity index (χ0n) is 11.0. The van der Waals surface area contributed by atoms with E-state index in [0.717, 1.165) is 22.1 Å². The monoisotopic (exact) mass is 307 g/mol. The molecule has 0 spiro atoms. The fourth-order valence-corrected chi connectivity index (χ4v) is 3.43. The van der Waals surface area contributed by atoms with Gasteiger partial charge in [-0.05, 0) is 19.1 Å². The molecule has 1 atom stereocenters. The molecular formula is C14H14ClN3OS. The van der Waals surface area contributed by atoms with Crippen LogP contribution in [0.25, 0.3) is 0 Å². The summed E-state index contributed by atoms with van der Waals surface area (Å²) in [5.41, 5.74) is 2.76. The number of nitrogens with zero attached hydrogens (tertiary/aromatic N) is 2. The normalized spacial score (nSPS) is 15.7. The van der Waals surface area contributed by atoms with Crippen LogP contribution in [0.3, 0.4) is 0 Å². The Hall–Kier alpha value is -1.59. The number of carbonyl (C=O) groups excluding carboxylic acids is 1. The number of hydrogen-bond donors (Lipinski definition) is 1. The van der Waals surface area contributed by atoms with E-state index < -0.39 is 0 Å². The van der Waals surface area contributed by atoms with E-state index in [4.69, 9.17) is 11.6 Å². The lowest BCUT2D eigenvalue weighted by Crippen LogP contribution is -2.39. The van der Waals surface area contributed by atoms with E-state index in [1.807, 2.05) is 29.6 Å². The van der Waals surface area contributed by atoms with Crippen molar-refractivity contribution in [1.29, 1.82) is 0 Å². The highest BCUT2D eigenvalue weighted by Crippen LogP contribution is 2.36. The molecule has 104 valence electrons. The van der Waals surface area contributed by atoms with Crippen molar-refractivity contribution in [2.45, 2.75) is 18.8 Å². The fourth-order valence-electron chi connectivity index (χ4n) is 2.31. The maximum Gasteiger partial charge on any atom is 0.243 e. The summed E-state index contributed by atoms with van der Waals surface area (Å²) in [5.74, 6) is 0.421. The van der Waals surface area contributed by atoms with Crippen molar-refractivity contribution in [3.8, 4) is 0 Å². The third-order valence-corrected chi connectivity index (χ3v) is 4.67. The molecule has 0 aliphatic carbocycles. The van der Waals surface area contributed by atoms with Crippen LogP contribution >= 0.6 is 22.9 Å². The van der Waals surface area contributed by atoms with Crippen LogP contribution < -0.4 is 10.2 Å².